The molecular formula is C22H24N4O2S. The lowest BCUT2D eigenvalue weighted by molar-refractivity contribution is 0.0942. The average Bonchev–Trinajstić information content (AvgIpc) is 3.49. The van der Waals surface area contributed by atoms with Crippen LogP contribution in [0.2, 0.25) is 0 Å². The highest BCUT2D eigenvalue weighted by Crippen LogP contribution is 2.15. The number of carbonyl (C=O) groups excluding carboxylic acids is 2. The zero-order valence-corrected chi connectivity index (χ0v) is 17.0. The summed E-state index contributed by atoms with van der Waals surface area (Å²) in [6, 6.07) is 15.3. The lowest BCUT2D eigenvalue weighted by Gasteiger charge is -2.16. The van der Waals surface area contributed by atoms with E-state index in [1.165, 1.54) is 4.88 Å². The van der Waals surface area contributed by atoms with E-state index in [9.17, 15) is 9.59 Å². The molecule has 1 aromatic carbocycles. The molecule has 6 nitrogen and oxygen atoms in total. The van der Waals surface area contributed by atoms with Gasteiger partial charge in [0.05, 0.1) is 6.54 Å². The molecule has 0 aliphatic carbocycles. The fourth-order valence-electron chi connectivity index (χ4n) is 3.48. The van der Waals surface area contributed by atoms with Gasteiger partial charge in [0.15, 0.2) is 0 Å². The number of rotatable bonds is 6. The second kappa shape index (κ2) is 8.96. The fraction of sp³-hybridized carbons (Fsp3) is 0.273. The van der Waals surface area contributed by atoms with Gasteiger partial charge in [-0.3, -0.25) is 4.79 Å². The van der Waals surface area contributed by atoms with Crippen molar-refractivity contribution >= 4 is 29.0 Å². The quantitative estimate of drug-likeness (QED) is 0.643. The molecule has 2 aromatic heterocycles. The molecule has 1 aliphatic rings. The molecule has 0 spiro atoms. The van der Waals surface area contributed by atoms with Gasteiger partial charge in [0.1, 0.15) is 5.69 Å². The highest BCUT2D eigenvalue weighted by Gasteiger charge is 2.18. The van der Waals surface area contributed by atoms with Crippen molar-refractivity contribution in [1.82, 2.24) is 14.8 Å². The maximum absolute atomic E-state index is 12.7. The van der Waals surface area contributed by atoms with Crippen LogP contribution in [0.3, 0.4) is 0 Å². The van der Waals surface area contributed by atoms with Crippen molar-refractivity contribution in [2.45, 2.75) is 25.9 Å². The zero-order chi connectivity index (χ0) is 20.1. The number of carbonyl (C=O) groups is 2. The topological polar surface area (TPSA) is 66.4 Å². The Morgan fingerprint density at radius 3 is 2.69 bits per heavy atom. The molecule has 4 rings (SSSR count). The number of nitrogens with one attached hydrogen (secondary N) is 2. The number of anilines is 1. The van der Waals surface area contributed by atoms with E-state index in [0.29, 0.717) is 18.8 Å². The number of aromatic nitrogens is 1. The first kappa shape index (κ1) is 19.3. The van der Waals surface area contributed by atoms with Gasteiger partial charge in [0, 0.05) is 36.4 Å². The van der Waals surface area contributed by atoms with Gasteiger partial charge in [-0.15, -0.1) is 11.3 Å². The van der Waals surface area contributed by atoms with Crippen LogP contribution in [0.15, 0.2) is 60.1 Å². The summed E-state index contributed by atoms with van der Waals surface area (Å²) in [6.45, 7) is 2.71. The second-order valence-electron chi connectivity index (χ2n) is 7.11. The van der Waals surface area contributed by atoms with Crippen molar-refractivity contribution in [3.63, 3.8) is 0 Å². The van der Waals surface area contributed by atoms with Gasteiger partial charge < -0.3 is 20.1 Å². The normalized spacial score (nSPS) is 13.4. The Balaban J connectivity index is 1.35. The van der Waals surface area contributed by atoms with Gasteiger partial charge >= 0.3 is 6.03 Å². The Kier molecular flexibility index (Phi) is 5.95. The molecule has 0 unspecified atom stereocenters. The predicted molar refractivity (Wildman–Crippen MR) is 115 cm³/mol. The highest BCUT2D eigenvalue weighted by molar-refractivity contribution is 7.09. The number of amides is 3. The van der Waals surface area contributed by atoms with E-state index in [0.717, 1.165) is 37.2 Å². The Hall–Kier alpha value is -3.06. The summed E-state index contributed by atoms with van der Waals surface area (Å²) >= 11 is 1.68. The summed E-state index contributed by atoms with van der Waals surface area (Å²) < 4.78 is 1.95. The minimum absolute atomic E-state index is 0.0601. The van der Waals surface area contributed by atoms with E-state index >= 15 is 0 Å². The lowest BCUT2D eigenvalue weighted by atomic mass is 10.2. The maximum atomic E-state index is 12.7. The van der Waals surface area contributed by atoms with Gasteiger partial charge in [0.25, 0.3) is 5.91 Å². The first-order valence-electron chi connectivity index (χ1n) is 9.79. The summed E-state index contributed by atoms with van der Waals surface area (Å²) in [5, 5.41) is 7.96. The first-order valence-corrected chi connectivity index (χ1v) is 10.7. The van der Waals surface area contributed by atoms with Gasteiger partial charge in [-0.2, -0.15) is 0 Å². The Bertz CT molecular complexity index is 974. The van der Waals surface area contributed by atoms with E-state index in [4.69, 9.17) is 0 Å². The summed E-state index contributed by atoms with van der Waals surface area (Å²) in [7, 11) is 0. The van der Waals surface area contributed by atoms with Crippen LogP contribution >= 0.6 is 11.3 Å². The van der Waals surface area contributed by atoms with Crippen LogP contribution in [-0.2, 0) is 13.1 Å². The van der Waals surface area contributed by atoms with Gasteiger partial charge in [-0.25, -0.2) is 4.79 Å². The number of urea groups is 1. The van der Waals surface area contributed by atoms with E-state index < -0.39 is 0 Å². The third kappa shape index (κ3) is 4.86. The van der Waals surface area contributed by atoms with Crippen LogP contribution in [0.4, 0.5) is 10.5 Å². The second-order valence-corrected chi connectivity index (χ2v) is 8.14. The molecule has 29 heavy (non-hydrogen) atoms. The summed E-state index contributed by atoms with van der Waals surface area (Å²) in [5.74, 6) is -0.113. The molecule has 0 bridgehead atoms. The summed E-state index contributed by atoms with van der Waals surface area (Å²) in [4.78, 5) is 28.0. The Morgan fingerprint density at radius 1 is 1.03 bits per heavy atom. The lowest BCUT2D eigenvalue weighted by Crippen LogP contribution is -2.32. The molecule has 1 fully saturated rings. The molecule has 3 amide bonds. The minimum Gasteiger partial charge on any atom is -0.347 e. The van der Waals surface area contributed by atoms with Crippen LogP contribution in [0.1, 0.15) is 33.8 Å². The molecule has 0 saturated carbocycles. The average molecular weight is 409 g/mol. The molecule has 2 N–H and O–H groups in total. The molecule has 1 saturated heterocycles. The smallest absolute Gasteiger partial charge is 0.321 e. The Morgan fingerprint density at radius 2 is 1.90 bits per heavy atom. The van der Waals surface area contributed by atoms with Crippen molar-refractivity contribution in [1.29, 1.82) is 0 Å². The molecule has 0 atom stereocenters. The van der Waals surface area contributed by atoms with Crippen molar-refractivity contribution in [2.24, 2.45) is 0 Å². The standard InChI is InChI=1S/C22H24N4O2S/c27-21(20-9-4-12-26(20)16-19-8-5-13-29-19)23-15-17-6-3-7-18(14-17)24-22(28)25-10-1-2-11-25/h3-9,12-14H,1-2,10-11,15-16H2,(H,23,27)(H,24,28). The van der Waals surface area contributed by atoms with E-state index in [2.05, 4.69) is 16.7 Å². The highest BCUT2D eigenvalue weighted by atomic mass is 32.1. The number of hydrogen-bond acceptors (Lipinski definition) is 3. The summed E-state index contributed by atoms with van der Waals surface area (Å²) in [5.41, 5.74) is 2.32. The van der Waals surface area contributed by atoms with Gasteiger partial charge in [0.2, 0.25) is 0 Å². The number of hydrogen-bond donors (Lipinski definition) is 2. The fourth-order valence-corrected chi connectivity index (χ4v) is 4.19. The minimum atomic E-state index is -0.113. The monoisotopic (exact) mass is 408 g/mol. The number of likely N-dealkylation sites (tertiary alicyclic amines) is 1. The van der Waals surface area contributed by atoms with Gasteiger partial charge in [-0.05, 0) is 54.1 Å². The number of thiophene rings is 1. The van der Waals surface area contributed by atoms with Crippen molar-refractivity contribution < 1.29 is 9.59 Å². The third-order valence-electron chi connectivity index (χ3n) is 4.99. The van der Waals surface area contributed by atoms with E-state index in [-0.39, 0.29) is 11.9 Å². The number of benzene rings is 1. The van der Waals surface area contributed by atoms with E-state index in [1.807, 2.05) is 63.5 Å². The molecular weight excluding hydrogens is 384 g/mol. The van der Waals surface area contributed by atoms with E-state index in [1.54, 1.807) is 11.3 Å². The Labute approximate surface area is 174 Å². The van der Waals surface area contributed by atoms with Crippen LogP contribution in [0.5, 0.6) is 0 Å². The van der Waals surface area contributed by atoms with Crippen molar-refractivity contribution in [2.75, 3.05) is 18.4 Å². The van der Waals surface area contributed by atoms with Crippen LogP contribution in [0, 0.1) is 0 Å². The third-order valence-corrected chi connectivity index (χ3v) is 5.85. The number of nitrogens with zero attached hydrogens (tertiary/aromatic N) is 2. The predicted octanol–water partition coefficient (Wildman–Crippen LogP) is 4.16. The van der Waals surface area contributed by atoms with Crippen LogP contribution in [0.25, 0.3) is 0 Å². The molecule has 150 valence electrons. The van der Waals surface area contributed by atoms with Crippen LogP contribution < -0.4 is 10.6 Å². The maximum Gasteiger partial charge on any atom is 0.321 e. The first-order chi connectivity index (χ1) is 14.2. The SMILES string of the molecule is O=C(NCc1cccc(NC(=O)N2CCCC2)c1)c1cccn1Cc1cccs1. The summed E-state index contributed by atoms with van der Waals surface area (Å²) in [6.07, 6.45) is 4.05. The van der Waals surface area contributed by atoms with Gasteiger partial charge in [-0.1, -0.05) is 18.2 Å². The molecule has 7 heteroatoms. The zero-order valence-electron chi connectivity index (χ0n) is 16.1. The molecule has 1 aliphatic heterocycles. The molecule has 3 aromatic rings. The largest absolute Gasteiger partial charge is 0.347 e. The van der Waals surface area contributed by atoms with Crippen molar-refractivity contribution in [3.8, 4) is 0 Å². The molecule has 0 radical (unpaired) electrons. The van der Waals surface area contributed by atoms with Crippen molar-refractivity contribution in [3.05, 3.63) is 76.2 Å². The van der Waals surface area contributed by atoms with Crippen LogP contribution in [-0.4, -0.2) is 34.5 Å². The molecule has 3 heterocycles.